The molecule has 0 N–H and O–H groups in total. The summed E-state index contributed by atoms with van der Waals surface area (Å²) in [6, 6.07) is 3.73. The fourth-order valence-corrected chi connectivity index (χ4v) is 2.46. The molecule has 0 unspecified atom stereocenters. The van der Waals surface area contributed by atoms with Crippen molar-refractivity contribution in [2.75, 3.05) is 7.11 Å². The maximum absolute atomic E-state index is 13.2. The van der Waals surface area contributed by atoms with Gasteiger partial charge in [-0.1, -0.05) is 11.3 Å². The summed E-state index contributed by atoms with van der Waals surface area (Å²) in [6.07, 6.45) is 0. The van der Waals surface area contributed by atoms with E-state index in [9.17, 15) is 14.0 Å². The quantitative estimate of drug-likeness (QED) is 0.808. The highest BCUT2D eigenvalue weighted by molar-refractivity contribution is 7.07. The molecule has 1 aromatic carbocycles. The molecule has 0 amide bonds. The minimum absolute atomic E-state index is 0.117. The number of ether oxygens (including phenoxy) is 1. The first-order chi connectivity index (χ1) is 9.02. The molecule has 1 aromatic heterocycles. The predicted octanol–water partition coefficient (Wildman–Crippen LogP) is 2.25. The van der Waals surface area contributed by atoms with Crippen molar-refractivity contribution < 1.29 is 13.9 Å². The lowest BCUT2D eigenvalue weighted by Crippen LogP contribution is -2.21. The van der Waals surface area contributed by atoms with Crippen LogP contribution in [-0.2, 0) is 6.54 Å². The number of ketones is 1. The van der Waals surface area contributed by atoms with E-state index in [1.807, 2.05) is 0 Å². The van der Waals surface area contributed by atoms with Crippen molar-refractivity contribution in [2.45, 2.75) is 13.5 Å². The van der Waals surface area contributed by atoms with E-state index in [4.69, 9.17) is 4.74 Å². The summed E-state index contributed by atoms with van der Waals surface area (Å²) >= 11 is 1.03. The number of halogens is 1. The molecule has 0 fully saturated rings. The number of carbonyl (C=O) groups excluding carboxylic acids is 1. The van der Waals surface area contributed by atoms with Gasteiger partial charge in [0.25, 0.3) is 0 Å². The van der Waals surface area contributed by atoms with Crippen LogP contribution in [0.4, 0.5) is 4.39 Å². The maximum atomic E-state index is 13.2. The van der Waals surface area contributed by atoms with Crippen molar-refractivity contribution in [1.82, 2.24) is 4.57 Å². The van der Waals surface area contributed by atoms with Gasteiger partial charge in [-0.2, -0.15) is 0 Å². The third kappa shape index (κ3) is 2.73. The van der Waals surface area contributed by atoms with Crippen LogP contribution in [-0.4, -0.2) is 17.5 Å². The van der Waals surface area contributed by atoms with Crippen LogP contribution in [0.1, 0.15) is 16.1 Å². The highest BCUT2D eigenvalue weighted by Crippen LogP contribution is 2.20. The predicted molar refractivity (Wildman–Crippen MR) is 70.6 cm³/mol. The standard InChI is InChI=1S/C13H12FNO3S/c1-8-7-19-13(17)15(8)6-11(16)10-5-9(14)3-4-12(10)18-2/h3-5,7H,6H2,1-2H3. The Hall–Kier alpha value is -1.95. The number of thiazole rings is 1. The number of hydrogen-bond donors (Lipinski definition) is 0. The Kier molecular flexibility index (Phi) is 3.80. The molecule has 1 heterocycles. The summed E-state index contributed by atoms with van der Waals surface area (Å²) < 4.78 is 19.6. The first-order valence-electron chi connectivity index (χ1n) is 5.54. The van der Waals surface area contributed by atoms with Gasteiger partial charge < -0.3 is 4.74 Å². The van der Waals surface area contributed by atoms with Gasteiger partial charge in [-0.05, 0) is 25.1 Å². The third-order valence-corrected chi connectivity index (χ3v) is 3.62. The molecule has 6 heteroatoms. The average Bonchev–Trinajstić information content (AvgIpc) is 2.70. The van der Waals surface area contributed by atoms with Gasteiger partial charge in [-0.25, -0.2) is 4.39 Å². The Morgan fingerprint density at radius 2 is 2.21 bits per heavy atom. The van der Waals surface area contributed by atoms with Crippen molar-refractivity contribution in [3.05, 3.63) is 50.3 Å². The van der Waals surface area contributed by atoms with E-state index in [2.05, 4.69) is 0 Å². The highest BCUT2D eigenvalue weighted by atomic mass is 32.1. The molecular weight excluding hydrogens is 269 g/mol. The third-order valence-electron chi connectivity index (χ3n) is 2.74. The lowest BCUT2D eigenvalue weighted by molar-refractivity contribution is 0.0967. The molecular formula is C13H12FNO3S. The normalized spacial score (nSPS) is 10.5. The van der Waals surface area contributed by atoms with Crippen LogP contribution in [0.3, 0.4) is 0 Å². The summed E-state index contributed by atoms with van der Waals surface area (Å²) in [4.78, 5) is 23.5. The minimum Gasteiger partial charge on any atom is -0.496 e. The van der Waals surface area contributed by atoms with E-state index in [0.29, 0.717) is 11.4 Å². The second-order valence-electron chi connectivity index (χ2n) is 4.00. The lowest BCUT2D eigenvalue weighted by atomic mass is 10.1. The smallest absolute Gasteiger partial charge is 0.307 e. The van der Waals surface area contributed by atoms with Crippen molar-refractivity contribution in [1.29, 1.82) is 0 Å². The topological polar surface area (TPSA) is 48.3 Å². The number of nitrogens with zero attached hydrogens (tertiary/aromatic N) is 1. The van der Waals surface area contributed by atoms with Crippen LogP contribution in [0, 0.1) is 12.7 Å². The highest BCUT2D eigenvalue weighted by Gasteiger charge is 2.16. The first-order valence-corrected chi connectivity index (χ1v) is 6.42. The minimum atomic E-state index is -0.515. The summed E-state index contributed by atoms with van der Waals surface area (Å²) in [5, 5.41) is 1.68. The zero-order chi connectivity index (χ0) is 14.0. The Balaban J connectivity index is 2.35. The molecule has 0 aliphatic rings. The monoisotopic (exact) mass is 281 g/mol. The largest absolute Gasteiger partial charge is 0.496 e. The van der Waals surface area contributed by atoms with E-state index in [-0.39, 0.29) is 22.8 Å². The van der Waals surface area contributed by atoms with E-state index >= 15 is 0 Å². The van der Waals surface area contributed by atoms with E-state index < -0.39 is 5.82 Å². The molecule has 0 spiro atoms. The fraction of sp³-hybridized carbons (Fsp3) is 0.231. The van der Waals surface area contributed by atoms with Crippen molar-refractivity contribution in [3.8, 4) is 5.75 Å². The maximum Gasteiger partial charge on any atom is 0.307 e. The van der Waals surface area contributed by atoms with Crippen molar-refractivity contribution in [3.63, 3.8) is 0 Å². The first kappa shape index (κ1) is 13.5. The SMILES string of the molecule is COc1ccc(F)cc1C(=O)Cn1c(C)csc1=O. The molecule has 2 rings (SSSR count). The molecule has 19 heavy (non-hydrogen) atoms. The fourth-order valence-electron chi connectivity index (χ4n) is 1.72. The number of methoxy groups -OCH3 is 1. The molecule has 4 nitrogen and oxygen atoms in total. The summed E-state index contributed by atoms with van der Waals surface area (Å²) in [5.41, 5.74) is 0.846. The van der Waals surface area contributed by atoms with E-state index in [0.717, 1.165) is 17.4 Å². The van der Waals surface area contributed by atoms with E-state index in [1.54, 1.807) is 12.3 Å². The molecule has 100 valence electrons. The van der Waals surface area contributed by atoms with E-state index in [1.165, 1.54) is 23.8 Å². The van der Waals surface area contributed by atoms with Crippen LogP contribution in [0.15, 0.2) is 28.4 Å². The van der Waals surface area contributed by atoms with Crippen LogP contribution in [0.25, 0.3) is 0 Å². The molecule has 0 saturated carbocycles. The number of aryl methyl sites for hydroxylation is 1. The van der Waals surface area contributed by atoms with Crippen LogP contribution < -0.4 is 9.61 Å². The summed E-state index contributed by atoms with van der Waals surface area (Å²) in [6.45, 7) is 1.63. The Morgan fingerprint density at radius 3 is 2.79 bits per heavy atom. The van der Waals surface area contributed by atoms with Crippen molar-refractivity contribution >= 4 is 17.1 Å². The number of hydrogen-bond acceptors (Lipinski definition) is 4. The second-order valence-corrected chi connectivity index (χ2v) is 4.82. The molecule has 0 aliphatic heterocycles. The van der Waals surface area contributed by atoms with Gasteiger partial charge in [-0.3, -0.25) is 14.2 Å². The van der Waals surface area contributed by atoms with Crippen LogP contribution in [0.2, 0.25) is 0 Å². The summed E-state index contributed by atoms with van der Waals surface area (Å²) in [7, 11) is 1.41. The Labute approximate surface area is 113 Å². The molecule has 0 radical (unpaired) electrons. The van der Waals surface area contributed by atoms with Gasteiger partial charge in [0.2, 0.25) is 0 Å². The van der Waals surface area contributed by atoms with Gasteiger partial charge >= 0.3 is 4.87 Å². The Bertz CT molecular complexity index is 675. The van der Waals surface area contributed by atoms with Crippen LogP contribution >= 0.6 is 11.3 Å². The van der Waals surface area contributed by atoms with Gasteiger partial charge in [0.15, 0.2) is 5.78 Å². The van der Waals surface area contributed by atoms with Crippen molar-refractivity contribution in [2.24, 2.45) is 0 Å². The molecule has 0 atom stereocenters. The second kappa shape index (κ2) is 5.36. The van der Waals surface area contributed by atoms with Gasteiger partial charge in [0.1, 0.15) is 11.6 Å². The molecule has 0 aliphatic carbocycles. The average molecular weight is 281 g/mol. The lowest BCUT2D eigenvalue weighted by Gasteiger charge is -2.08. The molecule has 0 saturated heterocycles. The molecule has 2 aromatic rings. The number of Topliss-reactive ketones (excluding diaryl/α,β-unsaturated/α-hetero) is 1. The zero-order valence-electron chi connectivity index (χ0n) is 10.5. The number of carbonyl (C=O) groups is 1. The van der Waals surface area contributed by atoms with Gasteiger partial charge in [-0.15, -0.1) is 0 Å². The zero-order valence-corrected chi connectivity index (χ0v) is 11.3. The van der Waals surface area contributed by atoms with Gasteiger partial charge in [0, 0.05) is 11.1 Å². The molecule has 0 bridgehead atoms. The Morgan fingerprint density at radius 1 is 1.47 bits per heavy atom. The number of benzene rings is 1. The van der Waals surface area contributed by atoms with Crippen LogP contribution in [0.5, 0.6) is 5.75 Å². The number of rotatable bonds is 4. The summed E-state index contributed by atoms with van der Waals surface area (Å²) in [5.74, 6) is -0.578. The number of aromatic nitrogens is 1. The van der Waals surface area contributed by atoms with Gasteiger partial charge in [0.05, 0.1) is 19.2 Å².